The summed E-state index contributed by atoms with van der Waals surface area (Å²) in [6.45, 7) is 0.866. The first-order valence-corrected chi connectivity index (χ1v) is 7.06. The third-order valence-corrected chi connectivity index (χ3v) is 4.93. The van der Waals surface area contributed by atoms with Crippen LogP contribution in [0, 0.1) is 6.42 Å². The SMILES string of the molecule is Cl.NC(=O)C12C[CH]CC(CC1)N2Cc1ccsc1. The van der Waals surface area contributed by atoms with Crippen molar-refractivity contribution in [1.29, 1.82) is 0 Å². The van der Waals surface area contributed by atoms with Gasteiger partial charge in [0.25, 0.3) is 0 Å². The Kier molecular flexibility index (Phi) is 3.99. The highest BCUT2D eigenvalue weighted by Crippen LogP contribution is 2.44. The standard InChI is InChI=1S/C13H17N2OS.ClH/c14-12(16)13-5-1-2-11(3-6-13)15(13)8-10-4-7-17-9-10;/h1,4,7,9,11H,2-3,5-6,8H2,(H2,14,16);1H. The van der Waals surface area contributed by atoms with E-state index in [-0.39, 0.29) is 18.3 Å². The number of hydrogen-bond donors (Lipinski definition) is 1. The molecule has 1 radical (unpaired) electrons. The molecule has 0 spiro atoms. The number of carbonyl (C=O) groups is 1. The van der Waals surface area contributed by atoms with Gasteiger partial charge in [-0.2, -0.15) is 11.3 Å². The zero-order chi connectivity index (χ0) is 11.9. The first-order valence-electron chi connectivity index (χ1n) is 6.12. The van der Waals surface area contributed by atoms with Gasteiger partial charge in [-0.1, -0.05) is 0 Å². The molecule has 0 saturated carbocycles. The van der Waals surface area contributed by atoms with Crippen LogP contribution in [0.25, 0.3) is 0 Å². The average Bonchev–Trinajstić information content (AvgIpc) is 2.86. The highest BCUT2D eigenvalue weighted by Gasteiger charge is 2.52. The quantitative estimate of drug-likeness (QED) is 0.927. The van der Waals surface area contributed by atoms with Gasteiger partial charge in [0.1, 0.15) is 5.54 Å². The molecule has 2 unspecified atom stereocenters. The predicted octanol–water partition coefficient (Wildman–Crippen LogP) is 2.36. The van der Waals surface area contributed by atoms with E-state index < -0.39 is 5.54 Å². The lowest BCUT2D eigenvalue weighted by Crippen LogP contribution is -2.57. The highest BCUT2D eigenvalue weighted by molar-refractivity contribution is 7.07. The van der Waals surface area contributed by atoms with Gasteiger partial charge in [-0.15, -0.1) is 12.4 Å². The Balaban J connectivity index is 0.00000120. The van der Waals surface area contributed by atoms with E-state index in [2.05, 4.69) is 28.1 Å². The van der Waals surface area contributed by atoms with Crippen LogP contribution in [0.5, 0.6) is 0 Å². The number of rotatable bonds is 3. The van der Waals surface area contributed by atoms with Crippen LogP contribution >= 0.6 is 23.7 Å². The van der Waals surface area contributed by atoms with Gasteiger partial charge in [-0.25, -0.2) is 0 Å². The summed E-state index contributed by atoms with van der Waals surface area (Å²) in [5.74, 6) is -0.147. The molecule has 2 bridgehead atoms. The van der Waals surface area contributed by atoms with E-state index in [1.807, 2.05) is 0 Å². The van der Waals surface area contributed by atoms with E-state index in [9.17, 15) is 4.79 Å². The lowest BCUT2D eigenvalue weighted by atomic mass is 9.87. The van der Waals surface area contributed by atoms with Crippen molar-refractivity contribution in [3.05, 3.63) is 28.8 Å². The fourth-order valence-corrected chi connectivity index (χ4v) is 3.92. The van der Waals surface area contributed by atoms with Crippen LogP contribution < -0.4 is 5.73 Å². The number of thiophene rings is 1. The van der Waals surface area contributed by atoms with Crippen molar-refractivity contribution in [3.8, 4) is 0 Å². The molecule has 2 fully saturated rings. The zero-order valence-electron chi connectivity index (χ0n) is 10.2. The van der Waals surface area contributed by atoms with Crippen molar-refractivity contribution in [2.24, 2.45) is 5.73 Å². The van der Waals surface area contributed by atoms with E-state index in [4.69, 9.17) is 5.73 Å². The van der Waals surface area contributed by atoms with Crippen LogP contribution in [-0.4, -0.2) is 22.4 Å². The molecule has 1 amide bonds. The van der Waals surface area contributed by atoms with Crippen LogP contribution in [-0.2, 0) is 11.3 Å². The Hall–Kier alpha value is -0.580. The van der Waals surface area contributed by atoms with E-state index in [1.165, 1.54) is 5.56 Å². The molecule has 5 heteroatoms. The van der Waals surface area contributed by atoms with E-state index in [0.717, 1.165) is 32.2 Å². The van der Waals surface area contributed by atoms with Gasteiger partial charge in [0.2, 0.25) is 5.91 Å². The summed E-state index contributed by atoms with van der Waals surface area (Å²) >= 11 is 1.71. The number of amides is 1. The summed E-state index contributed by atoms with van der Waals surface area (Å²) in [6, 6.07) is 2.65. The predicted molar refractivity (Wildman–Crippen MR) is 75.6 cm³/mol. The van der Waals surface area contributed by atoms with Crippen molar-refractivity contribution in [3.63, 3.8) is 0 Å². The van der Waals surface area contributed by atoms with Crippen molar-refractivity contribution in [2.75, 3.05) is 0 Å². The Labute approximate surface area is 118 Å². The molecule has 99 valence electrons. The number of nitrogens with two attached hydrogens (primary N) is 1. The Morgan fingerprint density at radius 2 is 2.44 bits per heavy atom. The van der Waals surface area contributed by atoms with Gasteiger partial charge in [0.15, 0.2) is 0 Å². The third-order valence-electron chi connectivity index (χ3n) is 4.19. The number of hydrogen-bond acceptors (Lipinski definition) is 3. The minimum atomic E-state index is -0.398. The second-order valence-electron chi connectivity index (χ2n) is 5.08. The van der Waals surface area contributed by atoms with Gasteiger partial charge in [0, 0.05) is 12.6 Å². The largest absolute Gasteiger partial charge is 0.368 e. The first kappa shape index (κ1) is 13.8. The normalized spacial score (nSPS) is 31.0. The van der Waals surface area contributed by atoms with Crippen LogP contribution in [0.15, 0.2) is 16.8 Å². The van der Waals surface area contributed by atoms with E-state index in [1.54, 1.807) is 11.3 Å². The molecule has 3 nitrogen and oxygen atoms in total. The molecule has 2 aliphatic heterocycles. The number of carbonyl (C=O) groups excluding carboxylic acids is 1. The molecule has 2 N–H and O–H groups in total. The van der Waals surface area contributed by atoms with Crippen LogP contribution in [0.1, 0.15) is 31.2 Å². The maximum atomic E-state index is 11.8. The second kappa shape index (κ2) is 5.19. The number of primary amides is 1. The molecule has 2 saturated heterocycles. The number of fused-ring (bicyclic) bond motifs is 2. The second-order valence-corrected chi connectivity index (χ2v) is 5.86. The van der Waals surface area contributed by atoms with E-state index in [0.29, 0.717) is 6.04 Å². The van der Waals surface area contributed by atoms with Crippen molar-refractivity contribution >= 4 is 29.7 Å². The third kappa shape index (κ3) is 2.06. The van der Waals surface area contributed by atoms with E-state index >= 15 is 0 Å². The summed E-state index contributed by atoms with van der Waals surface area (Å²) in [5, 5.41) is 4.25. The molecular weight excluding hydrogens is 268 g/mol. The first-order chi connectivity index (χ1) is 8.22. The highest BCUT2D eigenvalue weighted by atomic mass is 35.5. The summed E-state index contributed by atoms with van der Waals surface area (Å²) in [4.78, 5) is 14.2. The molecule has 3 rings (SSSR count). The molecule has 2 atom stereocenters. The summed E-state index contributed by atoms with van der Waals surface area (Å²) in [6.07, 6.45) is 6.19. The number of piperidine rings is 1. The summed E-state index contributed by atoms with van der Waals surface area (Å²) in [7, 11) is 0. The fourth-order valence-electron chi connectivity index (χ4n) is 3.26. The maximum absolute atomic E-state index is 11.8. The molecule has 2 aliphatic rings. The van der Waals surface area contributed by atoms with Crippen LogP contribution in [0.4, 0.5) is 0 Å². The molecule has 1 aromatic rings. The Morgan fingerprint density at radius 3 is 3.11 bits per heavy atom. The lowest BCUT2D eigenvalue weighted by Gasteiger charge is -2.42. The smallest absolute Gasteiger partial charge is 0.237 e. The van der Waals surface area contributed by atoms with Gasteiger partial charge < -0.3 is 5.73 Å². The Bertz CT molecular complexity index is 419. The lowest BCUT2D eigenvalue weighted by molar-refractivity contribution is -0.131. The minimum absolute atomic E-state index is 0. The van der Waals surface area contributed by atoms with Gasteiger partial charge in [0.05, 0.1) is 0 Å². The molecule has 1 aromatic heterocycles. The average molecular weight is 286 g/mol. The van der Waals surface area contributed by atoms with Gasteiger partial charge in [-0.3, -0.25) is 9.69 Å². The van der Waals surface area contributed by atoms with Gasteiger partial charge >= 0.3 is 0 Å². The summed E-state index contributed by atoms with van der Waals surface area (Å²) in [5.41, 5.74) is 6.56. The summed E-state index contributed by atoms with van der Waals surface area (Å²) < 4.78 is 0. The maximum Gasteiger partial charge on any atom is 0.237 e. The minimum Gasteiger partial charge on any atom is -0.368 e. The molecule has 0 aliphatic carbocycles. The molecule has 3 heterocycles. The van der Waals surface area contributed by atoms with Crippen LogP contribution in [0.2, 0.25) is 0 Å². The Morgan fingerprint density at radius 1 is 1.61 bits per heavy atom. The topological polar surface area (TPSA) is 46.3 Å². The van der Waals surface area contributed by atoms with Crippen LogP contribution in [0.3, 0.4) is 0 Å². The van der Waals surface area contributed by atoms with Crippen molar-refractivity contribution in [1.82, 2.24) is 4.90 Å². The van der Waals surface area contributed by atoms with Gasteiger partial charge in [-0.05, 0) is 54.5 Å². The zero-order valence-corrected chi connectivity index (χ0v) is 11.8. The molecular formula is C13H18ClN2OS. The number of halogens is 1. The van der Waals surface area contributed by atoms with Crippen molar-refractivity contribution in [2.45, 2.75) is 43.8 Å². The molecule has 0 aromatic carbocycles. The fraction of sp³-hybridized carbons (Fsp3) is 0.538. The van der Waals surface area contributed by atoms with Crippen molar-refractivity contribution < 1.29 is 4.79 Å². The number of nitrogens with zero attached hydrogens (tertiary/aromatic N) is 1. The monoisotopic (exact) mass is 285 g/mol. The molecule has 18 heavy (non-hydrogen) atoms.